The number of carbonyl (C=O) groups is 2. The first-order chi connectivity index (χ1) is 19.3. The number of benzene rings is 2. The van der Waals surface area contributed by atoms with E-state index >= 15 is 0 Å². The predicted octanol–water partition coefficient (Wildman–Crippen LogP) is 5.19. The van der Waals surface area contributed by atoms with Crippen molar-refractivity contribution in [1.82, 2.24) is 25.0 Å². The minimum atomic E-state index is -0.378. The van der Waals surface area contributed by atoms with Crippen LogP contribution in [0.4, 0.5) is 10.1 Å². The second-order valence-corrected chi connectivity index (χ2v) is 9.80. The number of fused-ring (bicyclic) bond motifs is 1. The Hall–Kier alpha value is -4.50. The normalized spacial score (nSPS) is 13.7. The number of amides is 2. The number of aromatic nitrogens is 3. The molecule has 3 N–H and O–H groups in total. The summed E-state index contributed by atoms with van der Waals surface area (Å²) in [6, 6.07) is 13.9. The number of aromatic amines is 1. The Kier molecular flexibility index (Phi) is 7.66. The van der Waals surface area contributed by atoms with Crippen LogP contribution in [0.5, 0.6) is 0 Å². The molecule has 4 aromatic rings. The largest absolute Gasteiger partial charge is 0.358 e. The van der Waals surface area contributed by atoms with E-state index in [-0.39, 0.29) is 17.6 Å². The third-order valence-electron chi connectivity index (χ3n) is 7.42. The maximum Gasteiger partial charge on any atom is 0.256 e. The Labute approximate surface area is 232 Å². The molecule has 0 fully saturated rings. The molecule has 0 atom stereocenters. The summed E-state index contributed by atoms with van der Waals surface area (Å²) in [6.45, 7) is 11.2. The summed E-state index contributed by atoms with van der Waals surface area (Å²) in [6.07, 6.45) is 3.41. The maximum absolute atomic E-state index is 14.5. The molecule has 2 aromatic heterocycles. The van der Waals surface area contributed by atoms with Crippen molar-refractivity contribution < 1.29 is 14.0 Å². The van der Waals surface area contributed by atoms with E-state index in [1.807, 2.05) is 38.1 Å². The highest BCUT2D eigenvalue weighted by atomic mass is 19.1. The molecule has 206 valence electrons. The fraction of sp³-hybridized carbons (Fsp3) is 0.258. The van der Waals surface area contributed by atoms with Crippen LogP contribution in [0.15, 0.2) is 54.7 Å². The van der Waals surface area contributed by atoms with Crippen molar-refractivity contribution in [3.8, 4) is 16.9 Å². The second kappa shape index (κ2) is 11.3. The number of anilines is 1. The van der Waals surface area contributed by atoms with Gasteiger partial charge in [0.1, 0.15) is 11.5 Å². The standard InChI is InChI=1S/C31H33FN6O2/c1-5-37(6-2)16-15-33-31(40)29-19(3)26(35-20(29)4)18-23-22-17-21(11-12-25(22)36-30(23)39)27-13-14-34-38(27)28-10-8-7-9-24(28)32/h7-14,17-18,35H,5-6,15-16H2,1-4H3,(H,33,40)(H,36,39)/b23-18-. The fourth-order valence-electron chi connectivity index (χ4n) is 5.19. The van der Waals surface area contributed by atoms with Gasteiger partial charge >= 0.3 is 0 Å². The van der Waals surface area contributed by atoms with Crippen molar-refractivity contribution in [3.63, 3.8) is 0 Å². The Bertz CT molecular complexity index is 1610. The molecule has 2 aromatic carbocycles. The molecular formula is C31H33FN6O2. The summed E-state index contributed by atoms with van der Waals surface area (Å²) in [5, 5.41) is 10.3. The molecule has 0 saturated carbocycles. The van der Waals surface area contributed by atoms with Gasteiger partial charge in [-0.15, -0.1) is 0 Å². The van der Waals surface area contributed by atoms with Crippen molar-refractivity contribution in [2.75, 3.05) is 31.5 Å². The SMILES string of the molecule is CCN(CC)CCNC(=O)c1c(C)[nH]c(/C=C2\C(=O)Nc3ccc(-c4ccnn4-c4ccccc4F)cc32)c1C. The monoisotopic (exact) mass is 540 g/mol. The van der Waals surface area contributed by atoms with Crippen molar-refractivity contribution in [3.05, 3.63) is 88.6 Å². The Balaban J connectivity index is 1.45. The number of H-pyrrole nitrogens is 1. The number of hydrogen-bond acceptors (Lipinski definition) is 4. The highest BCUT2D eigenvalue weighted by Crippen LogP contribution is 2.37. The van der Waals surface area contributed by atoms with Crippen molar-refractivity contribution >= 4 is 29.2 Å². The number of hydrogen-bond donors (Lipinski definition) is 3. The fourth-order valence-corrected chi connectivity index (χ4v) is 5.19. The molecule has 9 heteroatoms. The minimum Gasteiger partial charge on any atom is -0.358 e. The van der Waals surface area contributed by atoms with Gasteiger partial charge in [-0.2, -0.15) is 5.10 Å². The molecule has 0 spiro atoms. The predicted molar refractivity (Wildman–Crippen MR) is 156 cm³/mol. The highest BCUT2D eigenvalue weighted by Gasteiger charge is 2.27. The summed E-state index contributed by atoms with van der Waals surface area (Å²) < 4.78 is 16.1. The van der Waals surface area contributed by atoms with E-state index < -0.39 is 0 Å². The molecule has 8 nitrogen and oxygen atoms in total. The van der Waals surface area contributed by atoms with Gasteiger partial charge in [-0.3, -0.25) is 9.59 Å². The van der Waals surface area contributed by atoms with Crippen LogP contribution in [0.1, 0.15) is 46.7 Å². The molecule has 3 heterocycles. The van der Waals surface area contributed by atoms with Crippen LogP contribution >= 0.6 is 0 Å². The molecule has 0 aliphatic carbocycles. The van der Waals surface area contributed by atoms with Crippen LogP contribution in [0.2, 0.25) is 0 Å². The first-order valence-electron chi connectivity index (χ1n) is 13.5. The average molecular weight is 541 g/mol. The molecular weight excluding hydrogens is 507 g/mol. The lowest BCUT2D eigenvalue weighted by atomic mass is 10.0. The number of halogens is 1. The first-order valence-corrected chi connectivity index (χ1v) is 13.5. The first kappa shape index (κ1) is 27.1. The number of nitrogens with one attached hydrogen (secondary N) is 3. The number of rotatable bonds is 9. The van der Waals surface area contributed by atoms with E-state index in [0.29, 0.717) is 40.4 Å². The zero-order valence-electron chi connectivity index (χ0n) is 23.1. The van der Waals surface area contributed by atoms with Crippen LogP contribution in [-0.2, 0) is 4.79 Å². The lowest BCUT2D eigenvalue weighted by Gasteiger charge is -2.18. The lowest BCUT2D eigenvalue weighted by Crippen LogP contribution is -2.35. The number of para-hydroxylation sites is 1. The summed E-state index contributed by atoms with van der Waals surface area (Å²) in [5.74, 6) is -0.744. The summed E-state index contributed by atoms with van der Waals surface area (Å²) in [4.78, 5) is 31.6. The molecule has 1 aliphatic heterocycles. The van der Waals surface area contributed by atoms with Gasteiger partial charge in [-0.25, -0.2) is 9.07 Å². The van der Waals surface area contributed by atoms with Gasteiger partial charge in [0.25, 0.3) is 11.8 Å². The molecule has 0 saturated heterocycles. The lowest BCUT2D eigenvalue weighted by molar-refractivity contribution is -0.110. The molecule has 40 heavy (non-hydrogen) atoms. The minimum absolute atomic E-state index is 0.136. The van der Waals surface area contributed by atoms with Crippen molar-refractivity contribution in [1.29, 1.82) is 0 Å². The summed E-state index contributed by atoms with van der Waals surface area (Å²) in [5.41, 5.74) is 6.52. The zero-order chi connectivity index (χ0) is 28.4. The molecule has 0 unspecified atom stereocenters. The van der Waals surface area contributed by atoms with Crippen LogP contribution in [0, 0.1) is 19.7 Å². The Morgan fingerprint density at radius 2 is 1.90 bits per heavy atom. The van der Waals surface area contributed by atoms with Gasteiger partial charge in [0, 0.05) is 41.3 Å². The zero-order valence-corrected chi connectivity index (χ0v) is 23.1. The van der Waals surface area contributed by atoms with Crippen LogP contribution in [0.25, 0.3) is 28.6 Å². The number of aryl methyl sites for hydroxylation is 1. The van der Waals surface area contributed by atoms with E-state index in [2.05, 4.69) is 39.5 Å². The average Bonchev–Trinajstić information content (AvgIpc) is 3.62. The van der Waals surface area contributed by atoms with E-state index in [1.54, 1.807) is 35.2 Å². The van der Waals surface area contributed by atoms with E-state index in [4.69, 9.17) is 0 Å². The third-order valence-corrected chi connectivity index (χ3v) is 7.42. The summed E-state index contributed by atoms with van der Waals surface area (Å²) >= 11 is 0. The Morgan fingerprint density at radius 3 is 2.65 bits per heavy atom. The summed E-state index contributed by atoms with van der Waals surface area (Å²) in [7, 11) is 0. The second-order valence-electron chi connectivity index (χ2n) is 9.80. The molecule has 0 bridgehead atoms. The van der Waals surface area contributed by atoms with Gasteiger partial charge in [-0.05, 0) is 68.9 Å². The Morgan fingerprint density at radius 1 is 1.12 bits per heavy atom. The molecule has 5 rings (SSSR count). The quantitative estimate of drug-likeness (QED) is 0.255. The van der Waals surface area contributed by atoms with Crippen LogP contribution < -0.4 is 10.6 Å². The number of likely N-dealkylation sites (N-methyl/N-ethyl adjacent to an activating group) is 1. The van der Waals surface area contributed by atoms with E-state index in [9.17, 15) is 14.0 Å². The highest BCUT2D eigenvalue weighted by molar-refractivity contribution is 6.35. The van der Waals surface area contributed by atoms with Crippen molar-refractivity contribution in [2.24, 2.45) is 0 Å². The van der Waals surface area contributed by atoms with Gasteiger partial charge in [-0.1, -0.05) is 32.0 Å². The van der Waals surface area contributed by atoms with Crippen LogP contribution in [-0.4, -0.2) is 57.7 Å². The number of carbonyl (C=O) groups excluding carboxylic acids is 2. The van der Waals surface area contributed by atoms with Gasteiger partial charge in [0.15, 0.2) is 0 Å². The van der Waals surface area contributed by atoms with Gasteiger partial charge in [0.05, 0.1) is 23.0 Å². The smallest absolute Gasteiger partial charge is 0.256 e. The van der Waals surface area contributed by atoms with Gasteiger partial charge < -0.3 is 20.5 Å². The molecule has 2 amide bonds. The van der Waals surface area contributed by atoms with Gasteiger partial charge in [0.2, 0.25) is 0 Å². The van der Waals surface area contributed by atoms with Crippen molar-refractivity contribution in [2.45, 2.75) is 27.7 Å². The third kappa shape index (κ3) is 5.08. The topological polar surface area (TPSA) is 95.1 Å². The van der Waals surface area contributed by atoms with E-state index in [0.717, 1.165) is 42.0 Å². The number of nitrogens with zero attached hydrogens (tertiary/aromatic N) is 3. The molecule has 0 radical (unpaired) electrons. The van der Waals surface area contributed by atoms with Crippen LogP contribution in [0.3, 0.4) is 0 Å². The van der Waals surface area contributed by atoms with E-state index in [1.165, 1.54) is 6.07 Å². The maximum atomic E-state index is 14.5. The molecule has 1 aliphatic rings.